The van der Waals surface area contributed by atoms with E-state index in [4.69, 9.17) is 9.47 Å². The van der Waals surface area contributed by atoms with Crippen molar-refractivity contribution in [1.82, 2.24) is 0 Å². The Morgan fingerprint density at radius 3 is 2.34 bits per heavy atom. The summed E-state index contributed by atoms with van der Waals surface area (Å²) in [7, 11) is 0. The van der Waals surface area contributed by atoms with Crippen LogP contribution in [0.1, 0.15) is 100 Å². The van der Waals surface area contributed by atoms with E-state index in [1.54, 1.807) is 39.8 Å². The number of ketones is 1. The van der Waals surface area contributed by atoms with Crippen molar-refractivity contribution >= 4 is 17.7 Å². The van der Waals surface area contributed by atoms with E-state index in [9.17, 15) is 29.7 Å². The first kappa shape index (κ1) is 31.9. The van der Waals surface area contributed by atoms with Crippen molar-refractivity contribution < 1.29 is 39.2 Å². The Morgan fingerprint density at radius 2 is 1.76 bits per heavy atom. The van der Waals surface area contributed by atoms with Gasteiger partial charge < -0.3 is 24.8 Å². The van der Waals surface area contributed by atoms with Gasteiger partial charge in [-0.05, 0) is 57.6 Å². The number of Topliss-reactive ketones (excluding diaryl/α,β-unsaturated/α-hetero) is 1. The first-order chi connectivity index (χ1) is 19.0. The lowest BCUT2D eigenvalue weighted by Crippen LogP contribution is -2.66. The molecule has 8 atom stereocenters. The van der Waals surface area contributed by atoms with Gasteiger partial charge in [0, 0.05) is 23.7 Å². The van der Waals surface area contributed by atoms with Gasteiger partial charge in [-0.2, -0.15) is 0 Å². The first-order valence-electron chi connectivity index (χ1n) is 15.4. The number of carbonyl (C=O) groups excluding carboxylic acids is 3. The van der Waals surface area contributed by atoms with Crippen LogP contribution in [0.15, 0.2) is 23.3 Å². The van der Waals surface area contributed by atoms with Gasteiger partial charge in [0.2, 0.25) is 0 Å². The molecule has 2 saturated carbocycles. The number of allylic oxidation sites excluding steroid dienone is 1. The highest BCUT2D eigenvalue weighted by Crippen LogP contribution is 2.75. The number of aliphatic hydroxyl groups excluding tert-OH is 2. The summed E-state index contributed by atoms with van der Waals surface area (Å²) in [4.78, 5) is 41.0. The average Bonchev–Trinajstić information content (AvgIpc) is 3.28. The number of esters is 2. The number of fused-ring (bicyclic) bond motifs is 3. The largest absolute Gasteiger partial charge is 0.458 e. The normalized spacial score (nSPS) is 39.0. The van der Waals surface area contributed by atoms with Crippen LogP contribution in [0.5, 0.6) is 0 Å². The zero-order valence-electron chi connectivity index (χ0n) is 26.1. The lowest BCUT2D eigenvalue weighted by Gasteiger charge is -2.49. The number of unbranched alkanes of at least 4 members (excludes halogenated alkanes) is 4. The molecule has 0 heterocycles. The quantitative estimate of drug-likeness (QED) is 0.209. The molecular formula is C33H50O8. The van der Waals surface area contributed by atoms with Crippen LogP contribution in [0.25, 0.3) is 0 Å². The molecule has 4 aliphatic rings. The predicted octanol–water partition coefficient (Wildman–Crippen LogP) is 4.44. The van der Waals surface area contributed by atoms with E-state index >= 15 is 0 Å². The zero-order chi connectivity index (χ0) is 30.8. The molecule has 8 nitrogen and oxygen atoms in total. The Balaban J connectivity index is 1.77. The van der Waals surface area contributed by atoms with E-state index in [1.165, 1.54) is 0 Å². The maximum atomic E-state index is 14.7. The van der Waals surface area contributed by atoms with Gasteiger partial charge in [-0.15, -0.1) is 0 Å². The summed E-state index contributed by atoms with van der Waals surface area (Å²) in [5.41, 5.74) is -5.68. The monoisotopic (exact) mass is 574 g/mol. The fourth-order valence-corrected chi connectivity index (χ4v) is 8.30. The molecule has 0 unspecified atom stereocenters. The molecule has 0 aromatic rings. The van der Waals surface area contributed by atoms with Gasteiger partial charge >= 0.3 is 11.9 Å². The lowest BCUT2D eigenvalue weighted by molar-refractivity contribution is -0.208. The Hall–Kier alpha value is -2.03. The van der Waals surface area contributed by atoms with E-state index in [0.29, 0.717) is 18.4 Å². The van der Waals surface area contributed by atoms with Gasteiger partial charge in [-0.3, -0.25) is 14.4 Å². The third-order valence-electron chi connectivity index (χ3n) is 10.6. The van der Waals surface area contributed by atoms with E-state index in [-0.39, 0.29) is 17.3 Å². The molecule has 0 radical (unpaired) electrons. The number of carbonyl (C=O) groups is 3. The minimum Gasteiger partial charge on any atom is -0.458 e. The molecule has 1 spiro atoms. The molecule has 8 heteroatoms. The third-order valence-corrected chi connectivity index (χ3v) is 10.6. The molecular weight excluding hydrogens is 524 g/mol. The Bertz CT molecular complexity index is 1140. The minimum absolute atomic E-state index is 0.0978. The van der Waals surface area contributed by atoms with Crippen LogP contribution in [0.2, 0.25) is 0 Å². The van der Waals surface area contributed by atoms with E-state index in [2.05, 4.69) is 6.92 Å². The van der Waals surface area contributed by atoms with Gasteiger partial charge in [0.15, 0.2) is 17.5 Å². The molecule has 0 aromatic carbocycles. The van der Waals surface area contributed by atoms with Crippen molar-refractivity contribution in [2.75, 3.05) is 6.61 Å². The summed E-state index contributed by atoms with van der Waals surface area (Å²) in [5.74, 6) is -2.98. The summed E-state index contributed by atoms with van der Waals surface area (Å²) in [6.45, 7) is 14.2. The van der Waals surface area contributed by atoms with Crippen LogP contribution in [-0.4, -0.2) is 63.1 Å². The molecule has 4 aliphatic carbocycles. The van der Waals surface area contributed by atoms with Gasteiger partial charge in [0.25, 0.3) is 0 Å². The van der Waals surface area contributed by atoms with Crippen molar-refractivity contribution in [1.29, 1.82) is 0 Å². The molecule has 0 aromatic heterocycles. The van der Waals surface area contributed by atoms with Crippen molar-refractivity contribution in [2.24, 2.45) is 34.0 Å². The highest BCUT2D eigenvalue weighted by Gasteiger charge is 2.83. The number of ether oxygens (including phenoxy) is 2. The summed E-state index contributed by atoms with van der Waals surface area (Å²) < 4.78 is 12.2. The molecule has 3 N–H and O–H groups in total. The van der Waals surface area contributed by atoms with Crippen molar-refractivity contribution in [2.45, 2.75) is 124 Å². The van der Waals surface area contributed by atoms with Crippen LogP contribution in [0.3, 0.4) is 0 Å². The fourth-order valence-electron chi connectivity index (χ4n) is 8.30. The third kappa shape index (κ3) is 4.54. The number of hydrogen-bond donors (Lipinski definition) is 3. The smallest absolute Gasteiger partial charge is 0.311 e. The lowest BCUT2D eigenvalue weighted by atomic mass is 9.59. The Kier molecular flexibility index (Phi) is 8.25. The number of aliphatic hydroxyl groups is 3. The SMILES string of the molecule is CCCCCCCC(=O)O[C@@]12C[C@@H](C)[C@]34C=C(C)[C@H](OC(=O)C(C)(C)C)[C@@]3(O)[C@H](O)C(CO)=C[C@H](C4=O)[C@@H]1C2(C)C. The summed E-state index contributed by atoms with van der Waals surface area (Å²) in [6, 6.07) is 0. The Morgan fingerprint density at radius 1 is 1.12 bits per heavy atom. The number of rotatable bonds is 9. The van der Waals surface area contributed by atoms with Gasteiger partial charge in [0.1, 0.15) is 11.7 Å². The van der Waals surface area contributed by atoms with Crippen LogP contribution in [0.4, 0.5) is 0 Å². The molecule has 0 aliphatic heterocycles. The van der Waals surface area contributed by atoms with Crippen molar-refractivity contribution in [3.05, 3.63) is 23.3 Å². The maximum absolute atomic E-state index is 14.7. The predicted molar refractivity (Wildman–Crippen MR) is 153 cm³/mol. The average molecular weight is 575 g/mol. The molecule has 0 saturated heterocycles. The minimum atomic E-state index is -2.25. The fraction of sp³-hybridized carbons (Fsp3) is 0.788. The van der Waals surface area contributed by atoms with E-state index < -0.39 is 70.0 Å². The van der Waals surface area contributed by atoms with Crippen molar-refractivity contribution in [3.63, 3.8) is 0 Å². The van der Waals surface area contributed by atoms with Gasteiger partial charge in [-0.25, -0.2) is 0 Å². The second-order valence-corrected chi connectivity index (χ2v) is 14.6. The van der Waals surface area contributed by atoms with Crippen LogP contribution in [-0.2, 0) is 23.9 Å². The Labute approximate surface area is 244 Å². The topological polar surface area (TPSA) is 130 Å². The van der Waals surface area contributed by atoms with Crippen LogP contribution < -0.4 is 0 Å². The zero-order valence-corrected chi connectivity index (χ0v) is 26.1. The molecule has 230 valence electrons. The second-order valence-electron chi connectivity index (χ2n) is 14.6. The summed E-state index contributed by atoms with van der Waals surface area (Å²) in [6.07, 6.45) is 5.91. The standard InChI is InChI=1S/C33H50O8/c1-9-10-11-12-13-14-23(35)41-32-17-20(3)31-16-19(2)27(40-28(38)29(4,5)6)33(31,39)25(36)21(18-34)15-22(26(31)37)24(32)30(32,7)8/h15-16,20,22,24-25,27,34,36,39H,9-14,17-18H2,1-8H3/t20-,22+,24-,25-,27+,31+,32+,33+/m1/s1. The van der Waals surface area contributed by atoms with Gasteiger partial charge in [-0.1, -0.05) is 65.5 Å². The highest BCUT2D eigenvalue weighted by molar-refractivity contribution is 5.96. The van der Waals surface area contributed by atoms with E-state index in [0.717, 1.165) is 32.1 Å². The molecule has 2 fully saturated rings. The molecule has 0 amide bonds. The van der Waals surface area contributed by atoms with Crippen molar-refractivity contribution in [3.8, 4) is 0 Å². The maximum Gasteiger partial charge on any atom is 0.311 e. The summed E-state index contributed by atoms with van der Waals surface area (Å²) in [5, 5.41) is 34.7. The second kappa shape index (κ2) is 10.6. The molecule has 41 heavy (non-hydrogen) atoms. The molecule has 2 bridgehead atoms. The first-order valence-corrected chi connectivity index (χ1v) is 15.4. The summed E-state index contributed by atoms with van der Waals surface area (Å²) >= 11 is 0. The van der Waals surface area contributed by atoms with Crippen LogP contribution in [0, 0.1) is 34.0 Å². The number of hydrogen-bond acceptors (Lipinski definition) is 8. The molecule has 4 rings (SSSR count). The van der Waals surface area contributed by atoms with E-state index in [1.807, 2.05) is 20.8 Å². The highest BCUT2D eigenvalue weighted by atomic mass is 16.6. The van der Waals surface area contributed by atoms with Crippen LogP contribution >= 0.6 is 0 Å². The van der Waals surface area contributed by atoms with Gasteiger partial charge in [0.05, 0.1) is 17.4 Å².